The van der Waals surface area contributed by atoms with Crippen molar-refractivity contribution in [1.29, 1.82) is 0 Å². The third-order valence-electron chi connectivity index (χ3n) is 5.27. The molecule has 1 aromatic carbocycles. The molecule has 4 rings (SSSR count). The molecule has 6 nitrogen and oxygen atoms in total. The van der Waals surface area contributed by atoms with Gasteiger partial charge in [-0.1, -0.05) is 6.07 Å². The number of H-pyrrole nitrogens is 1. The van der Waals surface area contributed by atoms with Gasteiger partial charge in [0.1, 0.15) is 5.82 Å². The number of rotatable bonds is 3. The van der Waals surface area contributed by atoms with Gasteiger partial charge in [-0.15, -0.1) is 0 Å². The van der Waals surface area contributed by atoms with Gasteiger partial charge in [-0.05, 0) is 48.9 Å². The Morgan fingerprint density at radius 3 is 2.65 bits per heavy atom. The van der Waals surface area contributed by atoms with E-state index in [9.17, 15) is 14.0 Å². The number of nitrogens with one attached hydrogen (secondary N) is 1. The molecule has 0 saturated carbocycles. The molecule has 1 aromatic heterocycles. The Bertz CT molecular complexity index is 924. The number of aromatic amines is 1. The summed E-state index contributed by atoms with van der Waals surface area (Å²) in [6, 6.07) is 4.63. The summed E-state index contributed by atoms with van der Waals surface area (Å²) in [5.74, 6) is -0.408. The average molecular weight is 356 g/mol. The number of fused-ring (bicyclic) bond motifs is 1. The first-order valence-corrected chi connectivity index (χ1v) is 8.95. The summed E-state index contributed by atoms with van der Waals surface area (Å²) in [6.07, 6.45) is 4.21. The second kappa shape index (κ2) is 6.55. The second-order valence-electron chi connectivity index (χ2n) is 6.98. The van der Waals surface area contributed by atoms with Crippen LogP contribution < -0.4 is 10.5 Å². The Morgan fingerprint density at radius 2 is 1.92 bits per heavy atom. The lowest BCUT2D eigenvalue weighted by molar-refractivity contribution is 0.229. The van der Waals surface area contributed by atoms with Crippen molar-refractivity contribution >= 4 is 11.7 Å². The molecule has 0 bridgehead atoms. The zero-order valence-corrected chi connectivity index (χ0v) is 14.7. The number of hydrogen-bond acceptors (Lipinski definition) is 3. The van der Waals surface area contributed by atoms with E-state index in [1.165, 1.54) is 11.0 Å². The number of urea groups is 1. The minimum atomic E-state index is -0.408. The number of nitrogens with zero attached hydrogens (tertiary/aromatic N) is 3. The second-order valence-corrected chi connectivity index (χ2v) is 6.98. The number of anilines is 1. The van der Waals surface area contributed by atoms with Gasteiger partial charge in [-0.3, -0.25) is 9.69 Å². The molecule has 1 saturated heterocycles. The lowest BCUT2D eigenvalue weighted by Gasteiger charge is -2.19. The predicted molar refractivity (Wildman–Crippen MR) is 96.1 cm³/mol. The van der Waals surface area contributed by atoms with Crippen LogP contribution in [-0.4, -0.2) is 41.3 Å². The molecule has 26 heavy (non-hydrogen) atoms. The minimum absolute atomic E-state index is 0.103. The van der Waals surface area contributed by atoms with Crippen molar-refractivity contribution in [1.82, 2.24) is 15.1 Å². The molecule has 0 spiro atoms. The van der Waals surface area contributed by atoms with E-state index in [0.717, 1.165) is 48.1 Å². The lowest BCUT2D eigenvalue weighted by Crippen LogP contribution is -2.30. The van der Waals surface area contributed by atoms with Gasteiger partial charge in [-0.2, -0.15) is 5.10 Å². The van der Waals surface area contributed by atoms with E-state index in [4.69, 9.17) is 0 Å². The maximum atomic E-state index is 14.3. The van der Waals surface area contributed by atoms with Crippen molar-refractivity contribution in [3.05, 3.63) is 56.8 Å². The van der Waals surface area contributed by atoms with E-state index < -0.39 is 5.82 Å². The molecule has 0 unspecified atom stereocenters. The number of aromatic nitrogens is 2. The summed E-state index contributed by atoms with van der Waals surface area (Å²) in [5, 5.41) is 6.83. The minimum Gasteiger partial charge on any atom is -0.326 e. The smallest absolute Gasteiger partial charge is 0.324 e. The number of carbonyl (C=O) groups is 1. The number of benzene rings is 1. The van der Waals surface area contributed by atoms with Crippen LogP contribution in [0.3, 0.4) is 0 Å². The number of amides is 2. The van der Waals surface area contributed by atoms with Gasteiger partial charge in [0, 0.05) is 32.1 Å². The number of halogens is 1. The molecule has 1 N–H and O–H groups in total. The van der Waals surface area contributed by atoms with Crippen molar-refractivity contribution in [2.24, 2.45) is 0 Å². The van der Waals surface area contributed by atoms with E-state index in [1.807, 2.05) is 0 Å². The summed E-state index contributed by atoms with van der Waals surface area (Å²) in [4.78, 5) is 27.2. The molecule has 2 aliphatic rings. The molecular formula is C19H21FN4O2. The van der Waals surface area contributed by atoms with Crippen LogP contribution >= 0.6 is 0 Å². The number of hydrogen-bond donors (Lipinski definition) is 1. The first kappa shape index (κ1) is 16.8. The monoisotopic (exact) mass is 356 g/mol. The topological polar surface area (TPSA) is 69.3 Å². The fraction of sp³-hybridized carbons (Fsp3) is 0.421. The molecule has 0 radical (unpaired) electrons. The lowest BCUT2D eigenvalue weighted by atomic mass is 9.90. The largest absolute Gasteiger partial charge is 0.326 e. The summed E-state index contributed by atoms with van der Waals surface area (Å²) in [7, 11) is 1.71. The molecule has 2 amide bonds. The van der Waals surface area contributed by atoms with E-state index in [2.05, 4.69) is 10.2 Å². The normalized spacial score (nSPS) is 16.9. The van der Waals surface area contributed by atoms with Gasteiger partial charge in [0.05, 0.1) is 11.4 Å². The fourth-order valence-electron chi connectivity index (χ4n) is 3.81. The molecule has 1 aliphatic heterocycles. The zero-order chi connectivity index (χ0) is 18.3. The SMILES string of the molecule is CN1CCN(c2cc(Cc3n[nH]c(=O)c4c3CCCC4)ccc2F)C1=O. The summed E-state index contributed by atoms with van der Waals surface area (Å²) < 4.78 is 14.3. The van der Waals surface area contributed by atoms with Crippen molar-refractivity contribution in [3.63, 3.8) is 0 Å². The third-order valence-corrected chi connectivity index (χ3v) is 5.27. The van der Waals surface area contributed by atoms with Crippen LogP contribution in [0, 0.1) is 5.82 Å². The van der Waals surface area contributed by atoms with Crippen LogP contribution in [0.5, 0.6) is 0 Å². The van der Waals surface area contributed by atoms with Gasteiger partial charge in [0.15, 0.2) is 0 Å². The Balaban J connectivity index is 1.67. The van der Waals surface area contributed by atoms with E-state index in [0.29, 0.717) is 25.2 Å². The van der Waals surface area contributed by atoms with E-state index >= 15 is 0 Å². The highest BCUT2D eigenvalue weighted by molar-refractivity contribution is 5.94. The average Bonchev–Trinajstić information content (AvgIpc) is 2.98. The molecule has 2 aromatic rings. The van der Waals surface area contributed by atoms with Crippen molar-refractivity contribution in [2.45, 2.75) is 32.1 Å². The van der Waals surface area contributed by atoms with Crippen LogP contribution in [0.15, 0.2) is 23.0 Å². The first-order chi connectivity index (χ1) is 12.5. The summed E-state index contributed by atoms with van der Waals surface area (Å²) in [5.41, 5.74) is 3.77. The summed E-state index contributed by atoms with van der Waals surface area (Å²) in [6.45, 7) is 1.06. The maximum absolute atomic E-state index is 14.3. The van der Waals surface area contributed by atoms with Gasteiger partial charge >= 0.3 is 6.03 Å². The van der Waals surface area contributed by atoms with Crippen LogP contribution in [0.2, 0.25) is 0 Å². The molecule has 2 heterocycles. The molecule has 7 heteroatoms. The number of likely N-dealkylation sites (N-methyl/N-ethyl adjacent to an activating group) is 1. The van der Waals surface area contributed by atoms with Crippen molar-refractivity contribution in [2.75, 3.05) is 25.0 Å². The Morgan fingerprint density at radius 1 is 1.15 bits per heavy atom. The highest BCUT2D eigenvalue weighted by Crippen LogP contribution is 2.27. The highest BCUT2D eigenvalue weighted by Gasteiger charge is 2.29. The van der Waals surface area contributed by atoms with Crippen LogP contribution in [-0.2, 0) is 19.3 Å². The third kappa shape index (κ3) is 2.87. The Kier molecular flexibility index (Phi) is 4.22. The highest BCUT2D eigenvalue weighted by atomic mass is 19.1. The maximum Gasteiger partial charge on any atom is 0.324 e. The summed E-state index contributed by atoms with van der Waals surface area (Å²) >= 11 is 0. The van der Waals surface area contributed by atoms with E-state index in [1.54, 1.807) is 24.1 Å². The van der Waals surface area contributed by atoms with Gasteiger partial charge in [0.25, 0.3) is 5.56 Å². The predicted octanol–water partition coefficient (Wildman–Crippen LogP) is 2.25. The van der Waals surface area contributed by atoms with E-state index in [-0.39, 0.29) is 11.6 Å². The molecule has 1 fully saturated rings. The molecule has 0 atom stereocenters. The molecular weight excluding hydrogens is 335 g/mol. The van der Waals surface area contributed by atoms with Gasteiger partial charge in [-0.25, -0.2) is 14.3 Å². The standard InChI is InChI=1S/C19H21FN4O2/c1-23-8-9-24(19(23)26)17-11-12(6-7-15(17)20)10-16-13-4-2-3-5-14(13)18(25)22-21-16/h6-7,11H,2-5,8-10H2,1H3,(H,22,25). The Hall–Kier alpha value is -2.70. The van der Waals surface area contributed by atoms with Crippen molar-refractivity contribution in [3.8, 4) is 0 Å². The van der Waals surface area contributed by atoms with Gasteiger partial charge in [0.2, 0.25) is 0 Å². The zero-order valence-electron chi connectivity index (χ0n) is 14.7. The molecule has 136 valence electrons. The Labute approximate surface area is 150 Å². The van der Waals surface area contributed by atoms with Crippen LogP contribution in [0.25, 0.3) is 0 Å². The first-order valence-electron chi connectivity index (χ1n) is 8.95. The molecule has 1 aliphatic carbocycles. The number of carbonyl (C=O) groups excluding carboxylic acids is 1. The van der Waals surface area contributed by atoms with Crippen LogP contribution in [0.4, 0.5) is 14.9 Å². The van der Waals surface area contributed by atoms with Crippen molar-refractivity contribution < 1.29 is 9.18 Å². The van der Waals surface area contributed by atoms with Gasteiger partial charge < -0.3 is 4.90 Å². The quantitative estimate of drug-likeness (QED) is 0.917. The fourth-order valence-corrected chi connectivity index (χ4v) is 3.81. The van der Waals surface area contributed by atoms with Crippen LogP contribution in [0.1, 0.15) is 35.2 Å².